The van der Waals surface area contributed by atoms with Crippen LogP contribution in [0.2, 0.25) is 0 Å². The van der Waals surface area contributed by atoms with Crippen LogP contribution >= 0.6 is 12.6 Å². The average Bonchev–Trinajstić information content (AvgIpc) is 2.87. The number of ether oxygens (including phenoxy) is 1. The quantitative estimate of drug-likeness (QED) is 0.268. The van der Waals surface area contributed by atoms with Gasteiger partial charge in [0.1, 0.15) is 23.4 Å². The highest BCUT2D eigenvalue weighted by Gasteiger charge is 2.39. The number of benzene rings is 2. The third-order valence-corrected chi connectivity index (χ3v) is 6.50. The van der Waals surface area contributed by atoms with Gasteiger partial charge in [-0.3, -0.25) is 9.59 Å². The molecule has 0 radical (unpaired) electrons. The fourth-order valence-corrected chi connectivity index (χ4v) is 4.39. The van der Waals surface area contributed by atoms with Crippen LogP contribution in [0, 0.1) is 5.92 Å². The zero-order chi connectivity index (χ0) is 29.2. The molecule has 3 unspecified atom stereocenters. The van der Waals surface area contributed by atoms with E-state index in [1.165, 1.54) is 11.0 Å². The van der Waals surface area contributed by atoms with Gasteiger partial charge in [0.05, 0.1) is 0 Å². The molecule has 214 valence electrons. The summed E-state index contributed by atoms with van der Waals surface area (Å²) in [6, 6.07) is 13.3. The highest BCUT2D eigenvalue weighted by Crippen LogP contribution is 2.32. The zero-order valence-electron chi connectivity index (χ0n) is 23.8. The summed E-state index contributed by atoms with van der Waals surface area (Å²) in [5, 5.41) is 16.3. The summed E-state index contributed by atoms with van der Waals surface area (Å²) in [5.41, 5.74) is 0.434. The molecule has 9 heteroatoms. The maximum atomic E-state index is 14.1. The Morgan fingerprint density at radius 1 is 0.974 bits per heavy atom. The van der Waals surface area contributed by atoms with Gasteiger partial charge in [0, 0.05) is 23.9 Å². The summed E-state index contributed by atoms with van der Waals surface area (Å²) >= 11 is 4.34. The molecular formula is C30H43N3O5S. The molecule has 0 aliphatic carbocycles. The fraction of sp³-hybridized carbons (Fsp3) is 0.500. The summed E-state index contributed by atoms with van der Waals surface area (Å²) in [7, 11) is 0. The van der Waals surface area contributed by atoms with Crippen LogP contribution in [0.5, 0.6) is 5.75 Å². The number of nitrogens with zero attached hydrogens (tertiary/aromatic N) is 1. The fourth-order valence-electron chi connectivity index (χ4n) is 4.15. The van der Waals surface area contributed by atoms with E-state index in [2.05, 4.69) is 37.1 Å². The van der Waals surface area contributed by atoms with Crippen molar-refractivity contribution in [2.45, 2.75) is 84.7 Å². The van der Waals surface area contributed by atoms with E-state index in [-0.39, 0.29) is 18.0 Å². The second kappa shape index (κ2) is 14.8. The highest BCUT2D eigenvalue weighted by molar-refractivity contribution is 7.80. The van der Waals surface area contributed by atoms with E-state index in [4.69, 9.17) is 4.74 Å². The second-order valence-electron chi connectivity index (χ2n) is 11.1. The molecule has 0 spiro atoms. The van der Waals surface area contributed by atoms with E-state index < -0.39 is 41.6 Å². The second-order valence-corrected chi connectivity index (χ2v) is 11.5. The minimum atomic E-state index is -1.15. The Labute approximate surface area is 237 Å². The van der Waals surface area contributed by atoms with Crippen molar-refractivity contribution in [3.63, 3.8) is 0 Å². The third kappa shape index (κ3) is 10.1. The monoisotopic (exact) mass is 557 g/mol. The minimum absolute atomic E-state index is 0.00932. The van der Waals surface area contributed by atoms with Gasteiger partial charge in [-0.15, -0.1) is 0 Å². The van der Waals surface area contributed by atoms with E-state index in [0.29, 0.717) is 17.9 Å². The summed E-state index contributed by atoms with van der Waals surface area (Å²) in [6.07, 6.45) is 0.678. The molecule has 3 atom stereocenters. The topological polar surface area (TPSA) is 108 Å². The van der Waals surface area contributed by atoms with Gasteiger partial charge in [-0.2, -0.15) is 12.6 Å². The molecule has 39 heavy (non-hydrogen) atoms. The van der Waals surface area contributed by atoms with E-state index in [0.717, 1.165) is 12.0 Å². The predicted octanol–water partition coefficient (Wildman–Crippen LogP) is 5.23. The van der Waals surface area contributed by atoms with Crippen LogP contribution in [-0.2, 0) is 20.9 Å². The number of phenols is 1. The molecule has 8 nitrogen and oxygen atoms in total. The molecule has 2 aromatic carbocycles. The standard InChI is InChI=1S/C30H43N3O5S/c1-20(2)16-17-21(3)33(28(36)24(19-39)32-29(37)38-30(4,5)6)26(23-14-10-11-15-25(23)34)27(35)31-18-22-12-8-7-9-13-22/h7-15,20-21,24,26,34,39H,16-19H2,1-6H3,(H,31,35)(H,32,37). The van der Waals surface area contributed by atoms with Crippen molar-refractivity contribution in [3.8, 4) is 5.75 Å². The minimum Gasteiger partial charge on any atom is -0.508 e. The number of carbonyl (C=O) groups is 3. The van der Waals surface area contributed by atoms with Crippen molar-refractivity contribution in [2.75, 3.05) is 5.75 Å². The van der Waals surface area contributed by atoms with Gasteiger partial charge in [-0.05, 0) is 58.1 Å². The van der Waals surface area contributed by atoms with Crippen molar-refractivity contribution >= 4 is 30.5 Å². The molecule has 0 saturated heterocycles. The molecule has 0 fully saturated rings. The van der Waals surface area contributed by atoms with Gasteiger partial charge in [0.15, 0.2) is 0 Å². The maximum absolute atomic E-state index is 14.1. The molecular weight excluding hydrogens is 514 g/mol. The van der Waals surface area contributed by atoms with E-state index in [9.17, 15) is 19.5 Å². The van der Waals surface area contributed by atoms with Crippen LogP contribution in [-0.4, -0.2) is 51.4 Å². The Bertz CT molecular complexity index is 1090. The van der Waals surface area contributed by atoms with Crippen LogP contribution in [0.15, 0.2) is 54.6 Å². The number of para-hydroxylation sites is 1. The molecule has 0 saturated carbocycles. The van der Waals surface area contributed by atoms with Crippen molar-refractivity contribution in [1.82, 2.24) is 15.5 Å². The van der Waals surface area contributed by atoms with Crippen molar-refractivity contribution in [3.05, 3.63) is 65.7 Å². The molecule has 3 N–H and O–H groups in total. The maximum Gasteiger partial charge on any atom is 0.408 e. The summed E-state index contributed by atoms with van der Waals surface area (Å²) < 4.78 is 5.36. The van der Waals surface area contributed by atoms with E-state index in [1.54, 1.807) is 39.0 Å². The first kappa shape index (κ1) is 32.0. The molecule has 0 aromatic heterocycles. The molecule has 0 aliphatic heterocycles. The lowest BCUT2D eigenvalue weighted by Gasteiger charge is -2.38. The molecule has 2 rings (SSSR count). The smallest absolute Gasteiger partial charge is 0.408 e. The SMILES string of the molecule is CC(C)CCC(C)N(C(=O)C(CS)NC(=O)OC(C)(C)C)C(C(=O)NCc1ccccc1)c1ccccc1O. The van der Waals surface area contributed by atoms with Crippen LogP contribution in [0.4, 0.5) is 4.79 Å². The summed E-state index contributed by atoms with van der Waals surface area (Å²) in [6.45, 7) is 11.5. The van der Waals surface area contributed by atoms with E-state index in [1.807, 2.05) is 37.3 Å². The number of hydrogen-bond donors (Lipinski definition) is 4. The lowest BCUT2D eigenvalue weighted by molar-refractivity contribution is -0.144. The Kier molecular flexibility index (Phi) is 12.2. The first-order valence-electron chi connectivity index (χ1n) is 13.4. The van der Waals surface area contributed by atoms with Crippen molar-refractivity contribution in [2.24, 2.45) is 5.92 Å². The lowest BCUT2D eigenvalue weighted by atomic mass is 9.96. The van der Waals surface area contributed by atoms with Crippen molar-refractivity contribution in [1.29, 1.82) is 0 Å². The van der Waals surface area contributed by atoms with Gasteiger partial charge in [-0.1, -0.05) is 62.4 Å². The number of amides is 3. The van der Waals surface area contributed by atoms with Gasteiger partial charge in [-0.25, -0.2) is 4.79 Å². The number of aromatic hydroxyl groups is 1. The first-order valence-corrected chi connectivity index (χ1v) is 14.0. The Morgan fingerprint density at radius 2 is 1.59 bits per heavy atom. The number of alkyl carbamates (subject to hydrolysis) is 1. The zero-order valence-corrected chi connectivity index (χ0v) is 24.7. The van der Waals surface area contributed by atoms with Crippen LogP contribution in [0.1, 0.15) is 71.6 Å². The van der Waals surface area contributed by atoms with E-state index >= 15 is 0 Å². The normalized spacial score (nSPS) is 13.7. The number of nitrogens with one attached hydrogen (secondary N) is 2. The van der Waals surface area contributed by atoms with Gasteiger partial charge >= 0.3 is 6.09 Å². The Hall–Kier alpha value is -3.20. The summed E-state index contributed by atoms with van der Waals surface area (Å²) in [5.74, 6) is -0.672. The number of thiol groups is 1. The average molecular weight is 558 g/mol. The van der Waals surface area contributed by atoms with Gasteiger partial charge in [0.25, 0.3) is 0 Å². The number of carbonyl (C=O) groups excluding carboxylic acids is 3. The van der Waals surface area contributed by atoms with Gasteiger partial charge < -0.3 is 25.4 Å². The Morgan fingerprint density at radius 3 is 2.15 bits per heavy atom. The number of phenolic OH excluding ortho intramolecular Hbond substituents is 1. The first-order chi connectivity index (χ1) is 18.3. The predicted molar refractivity (Wildman–Crippen MR) is 157 cm³/mol. The van der Waals surface area contributed by atoms with Crippen LogP contribution in [0.25, 0.3) is 0 Å². The number of rotatable bonds is 12. The van der Waals surface area contributed by atoms with Crippen LogP contribution in [0.3, 0.4) is 0 Å². The number of hydrogen-bond acceptors (Lipinski definition) is 6. The van der Waals surface area contributed by atoms with Crippen molar-refractivity contribution < 1.29 is 24.2 Å². The van der Waals surface area contributed by atoms with Crippen LogP contribution < -0.4 is 10.6 Å². The molecule has 0 aliphatic rings. The van der Waals surface area contributed by atoms with Gasteiger partial charge in [0.2, 0.25) is 11.8 Å². The largest absolute Gasteiger partial charge is 0.508 e. The highest BCUT2D eigenvalue weighted by atomic mass is 32.1. The molecule has 0 bridgehead atoms. The molecule has 3 amide bonds. The molecule has 2 aromatic rings. The third-order valence-electron chi connectivity index (χ3n) is 6.13. The lowest BCUT2D eigenvalue weighted by Crippen LogP contribution is -2.56. The Balaban J connectivity index is 2.50. The molecule has 0 heterocycles. The summed E-state index contributed by atoms with van der Waals surface area (Å²) in [4.78, 5) is 42.0.